The summed E-state index contributed by atoms with van der Waals surface area (Å²) >= 11 is 11.2. The fourth-order valence-electron chi connectivity index (χ4n) is 1.70. The number of rotatable bonds is 3. The third-order valence-corrected chi connectivity index (χ3v) is 3.29. The Morgan fingerprint density at radius 3 is 2.67 bits per heavy atom. The van der Waals surface area contributed by atoms with Crippen molar-refractivity contribution in [2.24, 2.45) is 0 Å². The molecule has 0 unspecified atom stereocenters. The first-order chi connectivity index (χ1) is 8.54. The fourth-order valence-corrected chi connectivity index (χ4v) is 1.84. The van der Waals surface area contributed by atoms with E-state index in [0.717, 1.165) is 4.90 Å². The van der Waals surface area contributed by atoms with Crippen molar-refractivity contribution in [2.75, 3.05) is 18.9 Å². The molecule has 4 nitrogen and oxygen atoms in total. The minimum atomic E-state index is -0.294. The zero-order valence-corrected chi connectivity index (χ0v) is 11.0. The molecule has 0 fully saturated rings. The lowest BCUT2D eigenvalue weighted by Gasteiger charge is -2.06. The van der Waals surface area contributed by atoms with Crippen molar-refractivity contribution in [2.45, 2.75) is 0 Å². The molecular formula is C12H10Cl2N2O2. The standard InChI is InChI=1S/C12H10Cl2N2O2/c1-16-11(17)9-3-2-8(4-10(9)12(16)18)15-6-7(14)5-13/h2-5,15H,6H2,1H3. The van der Waals surface area contributed by atoms with Gasteiger partial charge in [0.05, 0.1) is 17.7 Å². The number of nitrogens with zero attached hydrogens (tertiary/aromatic N) is 1. The van der Waals surface area contributed by atoms with Crippen molar-refractivity contribution in [3.05, 3.63) is 39.9 Å². The van der Waals surface area contributed by atoms with Crippen LogP contribution in [0.1, 0.15) is 20.7 Å². The highest BCUT2D eigenvalue weighted by atomic mass is 35.5. The second-order valence-electron chi connectivity index (χ2n) is 3.84. The summed E-state index contributed by atoms with van der Waals surface area (Å²) in [5, 5.41) is 3.46. The number of halogens is 2. The number of nitrogens with one attached hydrogen (secondary N) is 1. The molecule has 1 N–H and O–H groups in total. The van der Waals surface area contributed by atoms with E-state index in [4.69, 9.17) is 23.2 Å². The van der Waals surface area contributed by atoms with E-state index in [9.17, 15) is 9.59 Å². The first-order valence-corrected chi connectivity index (χ1v) is 6.01. The second kappa shape index (κ2) is 5.00. The summed E-state index contributed by atoms with van der Waals surface area (Å²) in [7, 11) is 1.46. The van der Waals surface area contributed by atoms with Crippen molar-refractivity contribution in [1.82, 2.24) is 4.90 Å². The van der Waals surface area contributed by atoms with Crippen LogP contribution >= 0.6 is 23.2 Å². The van der Waals surface area contributed by atoms with E-state index in [1.807, 2.05) is 0 Å². The minimum Gasteiger partial charge on any atom is -0.380 e. The summed E-state index contributed by atoms with van der Waals surface area (Å²) in [6.07, 6.45) is 0. The number of hydrogen-bond donors (Lipinski definition) is 1. The van der Waals surface area contributed by atoms with Gasteiger partial charge >= 0.3 is 0 Å². The van der Waals surface area contributed by atoms with Gasteiger partial charge in [-0.2, -0.15) is 0 Å². The molecule has 1 aromatic rings. The Hall–Kier alpha value is -1.52. The van der Waals surface area contributed by atoms with Crippen molar-refractivity contribution < 1.29 is 9.59 Å². The van der Waals surface area contributed by atoms with Gasteiger partial charge in [-0.1, -0.05) is 23.2 Å². The SMILES string of the molecule is CN1C(=O)c2ccc(NCC(Cl)=CCl)cc2C1=O. The second-order valence-corrected chi connectivity index (χ2v) is 4.54. The van der Waals surface area contributed by atoms with Crippen LogP contribution in [0.5, 0.6) is 0 Å². The molecule has 6 heteroatoms. The van der Waals surface area contributed by atoms with Gasteiger partial charge in [-0.15, -0.1) is 0 Å². The van der Waals surface area contributed by atoms with Gasteiger partial charge in [-0.05, 0) is 18.2 Å². The Balaban J connectivity index is 2.24. The molecule has 0 saturated carbocycles. The van der Waals surface area contributed by atoms with Crippen molar-refractivity contribution >= 4 is 40.7 Å². The van der Waals surface area contributed by atoms with Crippen LogP contribution in [0.2, 0.25) is 0 Å². The molecule has 0 radical (unpaired) electrons. The van der Waals surface area contributed by atoms with Crippen LogP contribution in [0, 0.1) is 0 Å². The van der Waals surface area contributed by atoms with E-state index < -0.39 is 0 Å². The molecule has 0 aromatic heterocycles. The first-order valence-electron chi connectivity index (χ1n) is 5.19. The lowest BCUT2D eigenvalue weighted by Crippen LogP contribution is -2.24. The van der Waals surface area contributed by atoms with Crippen molar-refractivity contribution in [3.8, 4) is 0 Å². The monoisotopic (exact) mass is 284 g/mol. The molecule has 0 spiro atoms. The topological polar surface area (TPSA) is 49.4 Å². The van der Waals surface area contributed by atoms with E-state index >= 15 is 0 Å². The highest BCUT2D eigenvalue weighted by molar-refractivity contribution is 6.36. The molecule has 0 saturated heterocycles. The summed E-state index contributed by atoms with van der Waals surface area (Å²) in [6.45, 7) is 0.363. The fraction of sp³-hybridized carbons (Fsp3) is 0.167. The summed E-state index contributed by atoms with van der Waals surface area (Å²) < 4.78 is 0. The van der Waals surface area contributed by atoms with E-state index in [2.05, 4.69) is 5.32 Å². The first kappa shape index (κ1) is 12.9. The molecule has 0 bridgehead atoms. The maximum atomic E-state index is 11.8. The molecule has 1 heterocycles. The quantitative estimate of drug-likeness (QED) is 0.868. The third-order valence-electron chi connectivity index (χ3n) is 2.67. The molecule has 94 valence electrons. The van der Waals surface area contributed by atoms with E-state index in [0.29, 0.717) is 28.4 Å². The van der Waals surface area contributed by atoms with Crippen LogP contribution in [-0.4, -0.2) is 30.3 Å². The van der Waals surface area contributed by atoms with Gasteiger partial charge in [-0.25, -0.2) is 0 Å². The molecule has 2 amide bonds. The molecule has 1 aliphatic rings. The number of carbonyl (C=O) groups is 2. The van der Waals surface area contributed by atoms with E-state index in [-0.39, 0.29) is 11.8 Å². The molecular weight excluding hydrogens is 275 g/mol. The maximum Gasteiger partial charge on any atom is 0.261 e. The van der Waals surface area contributed by atoms with Gasteiger partial charge in [-0.3, -0.25) is 14.5 Å². The Labute approximate surface area is 114 Å². The van der Waals surface area contributed by atoms with Gasteiger partial charge in [0.25, 0.3) is 11.8 Å². The number of imide groups is 1. The highest BCUT2D eigenvalue weighted by Gasteiger charge is 2.32. The average Bonchev–Trinajstić information content (AvgIpc) is 2.61. The number of anilines is 1. The summed E-state index contributed by atoms with van der Waals surface area (Å²) in [5.41, 5.74) is 2.80. The molecule has 2 rings (SSSR count). The Kier molecular flexibility index (Phi) is 3.59. The van der Waals surface area contributed by atoms with Gasteiger partial charge in [0, 0.05) is 23.3 Å². The predicted octanol–water partition coefficient (Wildman–Crippen LogP) is 2.64. The van der Waals surface area contributed by atoms with Gasteiger partial charge in [0.1, 0.15) is 0 Å². The summed E-state index contributed by atoms with van der Waals surface area (Å²) in [4.78, 5) is 24.5. The number of hydrogen-bond acceptors (Lipinski definition) is 3. The predicted molar refractivity (Wildman–Crippen MR) is 71.1 cm³/mol. The number of carbonyl (C=O) groups excluding carboxylic acids is 2. The molecule has 0 atom stereocenters. The van der Waals surface area contributed by atoms with Gasteiger partial charge in [0.15, 0.2) is 0 Å². The van der Waals surface area contributed by atoms with Gasteiger partial charge < -0.3 is 5.32 Å². The zero-order valence-electron chi connectivity index (χ0n) is 9.54. The van der Waals surface area contributed by atoms with Crippen LogP contribution in [0.3, 0.4) is 0 Å². The highest BCUT2D eigenvalue weighted by Crippen LogP contribution is 2.24. The van der Waals surface area contributed by atoms with Crippen LogP contribution in [0.25, 0.3) is 0 Å². The molecule has 0 aliphatic carbocycles. The normalized spacial score (nSPS) is 15.1. The van der Waals surface area contributed by atoms with Crippen LogP contribution in [0.4, 0.5) is 5.69 Å². The van der Waals surface area contributed by atoms with Crippen LogP contribution in [0.15, 0.2) is 28.8 Å². The van der Waals surface area contributed by atoms with Crippen LogP contribution in [-0.2, 0) is 0 Å². The Morgan fingerprint density at radius 1 is 1.33 bits per heavy atom. The van der Waals surface area contributed by atoms with E-state index in [1.54, 1.807) is 18.2 Å². The van der Waals surface area contributed by atoms with E-state index in [1.165, 1.54) is 12.6 Å². The Bertz CT molecular complexity index is 555. The number of amides is 2. The zero-order chi connectivity index (χ0) is 13.3. The largest absolute Gasteiger partial charge is 0.380 e. The average molecular weight is 285 g/mol. The Morgan fingerprint density at radius 2 is 2.00 bits per heavy atom. The van der Waals surface area contributed by atoms with Crippen molar-refractivity contribution in [3.63, 3.8) is 0 Å². The molecule has 1 aliphatic heterocycles. The lowest BCUT2D eigenvalue weighted by molar-refractivity contribution is 0.0693. The maximum absolute atomic E-state index is 11.8. The summed E-state index contributed by atoms with van der Waals surface area (Å²) in [5.74, 6) is -0.571. The van der Waals surface area contributed by atoms with Crippen molar-refractivity contribution in [1.29, 1.82) is 0 Å². The molecule has 1 aromatic carbocycles. The van der Waals surface area contributed by atoms with Crippen LogP contribution < -0.4 is 5.32 Å². The minimum absolute atomic E-state index is 0.278. The molecule has 18 heavy (non-hydrogen) atoms. The third kappa shape index (κ3) is 2.21. The number of fused-ring (bicyclic) bond motifs is 1. The van der Waals surface area contributed by atoms with Gasteiger partial charge in [0.2, 0.25) is 0 Å². The smallest absolute Gasteiger partial charge is 0.261 e. The summed E-state index contributed by atoms with van der Waals surface area (Å²) in [6, 6.07) is 4.98. The lowest BCUT2D eigenvalue weighted by atomic mass is 10.1. The number of benzene rings is 1.